The summed E-state index contributed by atoms with van der Waals surface area (Å²) >= 11 is 0. The van der Waals surface area contributed by atoms with Crippen molar-refractivity contribution in [2.24, 2.45) is 0 Å². The Labute approximate surface area is 107 Å². The van der Waals surface area contributed by atoms with Gasteiger partial charge >= 0.3 is 0 Å². The Kier molecular flexibility index (Phi) is 3.99. The lowest BCUT2D eigenvalue weighted by molar-refractivity contribution is -0.121. The number of likely N-dealkylation sites (N-methyl/N-ethyl adjacent to an activating group) is 1. The fourth-order valence-electron chi connectivity index (χ4n) is 2.09. The highest BCUT2D eigenvalue weighted by atomic mass is 16.1. The molecule has 0 saturated heterocycles. The van der Waals surface area contributed by atoms with E-state index in [0.29, 0.717) is 13.1 Å². The van der Waals surface area contributed by atoms with E-state index in [1.54, 1.807) is 0 Å². The van der Waals surface area contributed by atoms with Crippen LogP contribution in [0.25, 0.3) is 10.9 Å². The van der Waals surface area contributed by atoms with Crippen LogP contribution in [0.3, 0.4) is 0 Å². The average molecular weight is 245 g/mol. The molecule has 0 spiro atoms. The van der Waals surface area contributed by atoms with Crippen LogP contribution in [0, 0.1) is 0 Å². The summed E-state index contributed by atoms with van der Waals surface area (Å²) in [6, 6.07) is 8.37. The zero-order valence-corrected chi connectivity index (χ0v) is 10.9. The number of fused-ring (bicyclic) bond motifs is 1. The highest BCUT2D eigenvalue weighted by Gasteiger charge is 2.06. The number of hydrogen-bond acceptors (Lipinski definition) is 2. The smallest absolute Gasteiger partial charge is 0.239 e. The second-order valence-corrected chi connectivity index (χ2v) is 4.32. The first kappa shape index (κ1) is 12.6. The topological polar surface area (TPSA) is 46.1 Å². The van der Waals surface area contributed by atoms with Crippen LogP contribution in [0.1, 0.15) is 12.5 Å². The molecule has 96 valence electrons. The van der Waals surface area contributed by atoms with Gasteiger partial charge in [0.25, 0.3) is 0 Å². The number of hydrogen-bond donors (Lipinski definition) is 2. The molecule has 1 heterocycles. The first-order valence-corrected chi connectivity index (χ1v) is 6.23. The van der Waals surface area contributed by atoms with Crippen molar-refractivity contribution in [3.05, 3.63) is 36.0 Å². The Morgan fingerprint density at radius 1 is 1.33 bits per heavy atom. The maximum Gasteiger partial charge on any atom is 0.239 e. The standard InChI is InChI=1S/C14H19N3O/c1-3-16-14(18)10-17-7-6-12-5-4-11(9-15-2)8-13(12)17/h4-8,15H,3,9-10H2,1-2H3,(H,16,18). The monoisotopic (exact) mass is 245 g/mol. The number of nitrogens with one attached hydrogen (secondary N) is 2. The molecular weight excluding hydrogens is 226 g/mol. The molecule has 4 nitrogen and oxygen atoms in total. The van der Waals surface area contributed by atoms with Gasteiger partial charge in [0, 0.05) is 24.8 Å². The Balaban J connectivity index is 2.27. The molecule has 2 N–H and O–H groups in total. The van der Waals surface area contributed by atoms with Crippen LogP contribution in [0.2, 0.25) is 0 Å². The third-order valence-corrected chi connectivity index (χ3v) is 2.91. The van der Waals surface area contributed by atoms with E-state index >= 15 is 0 Å². The molecular formula is C14H19N3O. The summed E-state index contributed by atoms with van der Waals surface area (Å²) < 4.78 is 1.99. The van der Waals surface area contributed by atoms with Gasteiger partial charge < -0.3 is 15.2 Å². The molecule has 18 heavy (non-hydrogen) atoms. The van der Waals surface area contributed by atoms with Gasteiger partial charge in [0.2, 0.25) is 5.91 Å². The fraction of sp³-hybridized carbons (Fsp3) is 0.357. The van der Waals surface area contributed by atoms with Gasteiger partial charge in [-0.2, -0.15) is 0 Å². The number of amides is 1. The van der Waals surface area contributed by atoms with Gasteiger partial charge in [-0.1, -0.05) is 12.1 Å². The Bertz CT molecular complexity index is 545. The third kappa shape index (κ3) is 2.71. The molecule has 0 aliphatic rings. The number of carbonyl (C=O) groups is 1. The summed E-state index contributed by atoms with van der Waals surface area (Å²) in [5, 5.41) is 7.11. The first-order valence-electron chi connectivity index (χ1n) is 6.23. The number of nitrogens with zero attached hydrogens (tertiary/aromatic N) is 1. The van der Waals surface area contributed by atoms with E-state index in [2.05, 4.69) is 28.8 Å². The molecule has 1 aromatic carbocycles. The minimum absolute atomic E-state index is 0.0500. The summed E-state index contributed by atoms with van der Waals surface area (Å²) in [6.07, 6.45) is 1.96. The number of carbonyl (C=O) groups excluding carboxylic acids is 1. The van der Waals surface area contributed by atoms with Crippen LogP contribution >= 0.6 is 0 Å². The number of benzene rings is 1. The van der Waals surface area contributed by atoms with Gasteiger partial charge in [0.15, 0.2) is 0 Å². The van der Waals surface area contributed by atoms with E-state index in [1.165, 1.54) is 10.9 Å². The van der Waals surface area contributed by atoms with E-state index in [0.717, 1.165) is 12.1 Å². The normalized spacial score (nSPS) is 10.8. The minimum atomic E-state index is 0.0500. The molecule has 0 bridgehead atoms. The largest absolute Gasteiger partial charge is 0.355 e. The van der Waals surface area contributed by atoms with E-state index < -0.39 is 0 Å². The molecule has 2 rings (SSSR count). The van der Waals surface area contributed by atoms with Gasteiger partial charge in [-0.25, -0.2) is 0 Å². The minimum Gasteiger partial charge on any atom is -0.355 e. The van der Waals surface area contributed by atoms with E-state index in [-0.39, 0.29) is 5.91 Å². The van der Waals surface area contributed by atoms with Crippen molar-refractivity contribution < 1.29 is 4.79 Å². The summed E-state index contributed by atoms with van der Waals surface area (Å²) in [4.78, 5) is 11.6. The Morgan fingerprint density at radius 3 is 2.89 bits per heavy atom. The molecule has 4 heteroatoms. The summed E-state index contributed by atoms with van der Waals surface area (Å²) in [5.74, 6) is 0.0500. The lowest BCUT2D eigenvalue weighted by Crippen LogP contribution is -2.26. The molecule has 0 atom stereocenters. The zero-order chi connectivity index (χ0) is 13.0. The molecule has 0 unspecified atom stereocenters. The highest BCUT2D eigenvalue weighted by molar-refractivity contribution is 5.83. The van der Waals surface area contributed by atoms with Crippen molar-refractivity contribution in [2.75, 3.05) is 13.6 Å². The van der Waals surface area contributed by atoms with E-state index in [9.17, 15) is 4.79 Å². The number of rotatable bonds is 5. The summed E-state index contributed by atoms with van der Waals surface area (Å²) in [6.45, 7) is 3.81. The van der Waals surface area contributed by atoms with E-state index in [1.807, 2.05) is 30.8 Å². The molecule has 0 fully saturated rings. The first-order chi connectivity index (χ1) is 8.74. The van der Waals surface area contributed by atoms with Crippen molar-refractivity contribution >= 4 is 16.8 Å². The molecule has 0 radical (unpaired) electrons. The third-order valence-electron chi connectivity index (χ3n) is 2.91. The van der Waals surface area contributed by atoms with Gasteiger partial charge in [-0.05, 0) is 37.1 Å². The molecule has 0 saturated carbocycles. The maximum absolute atomic E-state index is 11.6. The van der Waals surface area contributed by atoms with Crippen molar-refractivity contribution in [3.8, 4) is 0 Å². The predicted molar refractivity (Wildman–Crippen MR) is 73.4 cm³/mol. The second kappa shape index (κ2) is 5.69. The number of aromatic nitrogens is 1. The van der Waals surface area contributed by atoms with Gasteiger partial charge in [-0.15, -0.1) is 0 Å². The van der Waals surface area contributed by atoms with Crippen LogP contribution in [-0.2, 0) is 17.9 Å². The molecule has 1 amide bonds. The van der Waals surface area contributed by atoms with Gasteiger partial charge in [0.05, 0.1) is 0 Å². The molecule has 2 aromatic rings. The highest BCUT2D eigenvalue weighted by Crippen LogP contribution is 2.17. The molecule has 1 aromatic heterocycles. The average Bonchev–Trinajstić information content (AvgIpc) is 2.73. The Hall–Kier alpha value is -1.81. The van der Waals surface area contributed by atoms with Crippen LogP contribution in [-0.4, -0.2) is 24.1 Å². The predicted octanol–water partition coefficient (Wildman–Crippen LogP) is 1.50. The van der Waals surface area contributed by atoms with E-state index in [4.69, 9.17) is 0 Å². The van der Waals surface area contributed by atoms with Crippen molar-refractivity contribution in [3.63, 3.8) is 0 Å². The van der Waals surface area contributed by atoms with Crippen molar-refractivity contribution in [1.29, 1.82) is 0 Å². The van der Waals surface area contributed by atoms with Crippen molar-refractivity contribution in [2.45, 2.75) is 20.0 Å². The van der Waals surface area contributed by atoms with Gasteiger partial charge in [0.1, 0.15) is 6.54 Å². The van der Waals surface area contributed by atoms with Crippen LogP contribution in [0.5, 0.6) is 0 Å². The fourth-order valence-corrected chi connectivity index (χ4v) is 2.09. The lowest BCUT2D eigenvalue weighted by Gasteiger charge is -2.07. The maximum atomic E-state index is 11.6. The lowest BCUT2D eigenvalue weighted by atomic mass is 10.1. The summed E-state index contributed by atoms with van der Waals surface area (Å²) in [7, 11) is 1.93. The summed E-state index contributed by atoms with van der Waals surface area (Å²) in [5.41, 5.74) is 2.33. The molecule has 0 aliphatic carbocycles. The second-order valence-electron chi connectivity index (χ2n) is 4.32. The SMILES string of the molecule is CCNC(=O)Cn1ccc2ccc(CNC)cc21. The van der Waals surface area contributed by atoms with Crippen LogP contribution in [0.15, 0.2) is 30.5 Å². The van der Waals surface area contributed by atoms with Crippen LogP contribution < -0.4 is 10.6 Å². The quantitative estimate of drug-likeness (QED) is 0.838. The molecule has 0 aliphatic heterocycles. The zero-order valence-electron chi connectivity index (χ0n) is 10.9. The van der Waals surface area contributed by atoms with Crippen molar-refractivity contribution in [1.82, 2.24) is 15.2 Å². The van der Waals surface area contributed by atoms with Crippen LogP contribution in [0.4, 0.5) is 0 Å². The Morgan fingerprint density at radius 2 is 2.17 bits per heavy atom. The van der Waals surface area contributed by atoms with Gasteiger partial charge in [-0.3, -0.25) is 4.79 Å².